The van der Waals surface area contributed by atoms with E-state index in [1.807, 2.05) is 43.3 Å². The summed E-state index contributed by atoms with van der Waals surface area (Å²) >= 11 is 1.63. The highest BCUT2D eigenvalue weighted by molar-refractivity contribution is 7.89. The van der Waals surface area contributed by atoms with Crippen LogP contribution >= 0.6 is 11.3 Å². The summed E-state index contributed by atoms with van der Waals surface area (Å²) in [6, 6.07) is 11.5. The number of benzene rings is 2. The van der Waals surface area contributed by atoms with Crippen molar-refractivity contribution in [1.82, 2.24) is 9.62 Å². The molecule has 0 saturated heterocycles. The van der Waals surface area contributed by atoms with Gasteiger partial charge in [-0.1, -0.05) is 18.2 Å². The summed E-state index contributed by atoms with van der Waals surface area (Å²) < 4.78 is 47.7. The van der Waals surface area contributed by atoms with Crippen molar-refractivity contribution in [3.05, 3.63) is 59.2 Å². The van der Waals surface area contributed by atoms with Crippen LogP contribution in [-0.4, -0.2) is 41.1 Å². The van der Waals surface area contributed by atoms with Gasteiger partial charge in [0, 0.05) is 17.3 Å². The van der Waals surface area contributed by atoms with Crippen molar-refractivity contribution in [3.8, 4) is 5.75 Å². The number of hydrogen-bond donors (Lipinski definition) is 1. The molecule has 0 aliphatic heterocycles. The minimum Gasteiger partial charge on any atom is -0.494 e. The number of fused-ring (bicyclic) bond motifs is 1. The van der Waals surface area contributed by atoms with Gasteiger partial charge in [0.1, 0.15) is 0 Å². The van der Waals surface area contributed by atoms with Crippen LogP contribution in [-0.2, 0) is 10.0 Å². The van der Waals surface area contributed by atoms with Crippen molar-refractivity contribution < 1.29 is 17.5 Å². The third-order valence-corrected chi connectivity index (χ3v) is 6.80. The largest absolute Gasteiger partial charge is 0.494 e. The van der Waals surface area contributed by atoms with E-state index in [0.717, 1.165) is 21.7 Å². The molecule has 8 heteroatoms. The predicted molar refractivity (Wildman–Crippen MR) is 106 cm³/mol. The van der Waals surface area contributed by atoms with Gasteiger partial charge in [0.25, 0.3) is 0 Å². The number of thiophene rings is 1. The van der Waals surface area contributed by atoms with Gasteiger partial charge >= 0.3 is 0 Å². The lowest BCUT2D eigenvalue weighted by atomic mass is 10.1. The highest BCUT2D eigenvalue weighted by Crippen LogP contribution is 2.32. The maximum absolute atomic E-state index is 13.9. The number of likely N-dealkylation sites (N-methyl/N-ethyl adjacent to an activating group) is 1. The van der Waals surface area contributed by atoms with E-state index in [1.165, 1.54) is 19.2 Å². The number of halogens is 1. The van der Waals surface area contributed by atoms with E-state index in [-0.39, 0.29) is 23.2 Å². The molecule has 0 unspecified atom stereocenters. The van der Waals surface area contributed by atoms with Crippen LogP contribution in [0.25, 0.3) is 10.1 Å². The zero-order valence-electron chi connectivity index (χ0n) is 15.3. The number of rotatable bonds is 7. The van der Waals surface area contributed by atoms with Crippen LogP contribution in [0, 0.1) is 5.82 Å². The van der Waals surface area contributed by atoms with E-state index < -0.39 is 15.8 Å². The minimum absolute atomic E-state index is 0.00450. The molecule has 0 spiro atoms. The minimum atomic E-state index is -3.85. The Bertz CT molecular complexity index is 1050. The summed E-state index contributed by atoms with van der Waals surface area (Å²) in [5, 5.41) is 3.16. The molecular weight excluding hydrogens is 387 g/mol. The second-order valence-corrected chi connectivity index (χ2v) is 8.99. The van der Waals surface area contributed by atoms with Crippen molar-refractivity contribution >= 4 is 31.4 Å². The molecule has 1 heterocycles. The normalized spacial score (nSPS) is 13.2. The van der Waals surface area contributed by atoms with Crippen LogP contribution in [0.1, 0.15) is 11.6 Å². The Morgan fingerprint density at radius 1 is 1.22 bits per heavy atom. The summed E-state index contributed by atoms with van der Waals surface area (Å²) in [7, 11) is 1.28. The Kier molecular flexibility index (Phi) is 5.81. The maximum Gasteiger partial charge on any atom is 0.240 e. The molecule has 1 N–H and O–H groups in total. The molecule has 27 heavy (non-hydrogen) atoms. The molecule has 144 valence electrons. The number of ether oxygens (including phenoxy) is 1. The van der Waals surface area contributed by atoms with E-state index in [9.17, 15) is 12.8 Å². The van der Waals surface area contributed by atoms with Crippen LogP contribution in [0.15, 0.2) is 52.7 Å². The van der Waals surface area contributed by atoms with Gasteiger partial charge in [-0.3, -0.25) is 0 Å². The average molecular weight is 409 g/mol. The second-order valence-electron chi connectivity index (χ2n) is 6.31. The Balaban J connectivity index is 1.85. The summed E-state index contributed by atoms with van der Waals surface area (Å²) in [6.07, 6.45) is 0. The van der Waals surface area contributed by atoms with Crippen LogP contribution in [0.2, 0.25) is 0 Å². The maximum atomic E-state index is 13.9. The van der Waals surface area contributed by atoms with Gasteiger partial charge in [0.05, 0.1) is 12.0 Å². The van der Waals surface area contributed by atoms with Gasteiger partial charge in [-0.05, 0) is 54.7 Å². The van der Waals surface area contributed by atoms with Crippen molar-refractivity contribution in [1.29, 1.82) is 0 Å². The lowest BCUT2D eigenvalue weighted by molar-refractivity contribution is 0.301. The Morgan fingerprint density at radius 2 is 1.96 bits per heavy atom. The average Bonchev–Trinajstić information content (AvgIpc) is 3.05. The van der Waals surface area contributed by atoms with Gasteiger partial charge in [0.15, 0.2) is 11.6 Å². The van der Waals surface area contributed by atoms with Gasteiger partial charge in [-0.25, -0.2) is 17.5 Å². The lowest BCUT2D eigenvalue weighted by Gasteiger charge is -2.24. The molecule has 3 rings (SSSR count). The quantitative estimate of drug-likeness (QED) is 0.649. The highest BCUT2D eigenvalue weighted by Gasteiger charge is 2.22. The fourth-order valence-corrected chi connectivity index (χ4v) is 4.97. The van der Waals surface area contributed by atoms with Crippen molar-refractivity contribution in [2.75, 3.05) is 27.7 Å². The fourth-order valence-electron chi connectivity index (χ4n) is 2.91. The van der Waals surface area contributed by atoms with Crippen LogP contribution in [0.3, 0.4) is 0 Å². The molecule has 2 aromatic carbocycles. The molecule has 1 aromatic heterocycles. The molecule has 0 radical (unpaired) electrons. The molecule has 5 nitrogen and oxygen atoms in total. The van der Waals surface area contributed by atoms with Crippen molar-refractivity contribution in [2.45, 2.75) is 10.9 Å². The number of methoxy groups -OCH3 is 1. The lowest BCUT2D eigenvalue weighted by Crippen LogP contribution is -2.34. The molecule has 0 saturated carbocycles. The SMILES string of the molecule is COc1ccc(S(=O)(=O)NC[C@H](c2csc3ccccc23)N(C)C)cc1F. The van der Waals surface area contributed by atoms with Crippen LogP contribution in [0.4, 0.5) is 4.39 Å². The fraction of sp³-hybridized carbons (Fsp3) is 0.263. The number of sulfonamides is 1. The van der Waals surface area contributed by atoms with Crippen molar-refractivity contribution in [2.24, 2.45) is 0 Å². The molecular formula is C19H21FN2O3S2. The van der Waals surface area contributed by atoms with Gasteiger partial charge in [0.2, 0.25) is 10.0 Å². The van der Waals surface area contributed by atoms with E-state index in [1.54, 1.807) is 11.3 Å². The molecule has 0 bridgehead atoms. The third kappa shape index (κ3) is 4.14. The predicted octanol–water partition coefficient (Wildman–Crippen LogP) is 3.63. The number of nitrogens with zero attached hydrogens (tertiary/aromatic N) is 1. The zero-order valence-corrected chi connectivity index (χ0v) is 16.9. The summed E-state index contributed by atoms with van der Waals surface area (Å²) in [5.74, 6) is -0.710. The first-order chi connectivity index (χ1) is 12.8. The Hall–Kier alpha value is -2.00. The topological polar surface area (TPSA) is 58.6 Å². The van der Waals surface area contributed by atoms with E-state index >= 15 is 0 Å². The van der Waals surface area contributed by atoms with Gasteiger partial charge in [-0.15, -0.1) is 11.3 Å². The molecule has 0 aliphatic rings. The Labute approximate surface area is 162 Å². The molecule has 0 aliphatic carbocycles. The Morgan fingerprint density at radius 3 is 2.63 bits per heavy atom. The monoisotopic (exact) mass is 408 g/mol. The summed E-state index contributed by atoms with van der Waals surface area (Å²) in [6.45, 7) is 0.170. The van der Waals surface area contributed by atoms with Crippen molar-refractivity contribution in [3.63, 3.8) is 0 Å². The summed E-state index contributed by atoms with van der Waals surface area (Å²) in [4.78, 5) is 1.83. The number of nitrogens with one attached hydrogen (secondary N) is 1. The second kappa shape index (κ2) is 7.93. The first-order valence-corrected chi connectivity index (χ1v) is 10.7. The molecule has 1 atom stereocenters. The molecule has 3 aromatic rings. The van der Waals surface area contributed by atoms with Crippen LogP contribution in [0.5, 0.6) is 5.75 Å². The van der Waals surface area contributed by atoms with E-state index in [0.29, 0.717) is 0 Å². The molecule has 0 fully saturated rings. The molecule has 0 amide bonds. The first-order valence-electron chi connectivity index (χ1n) is 8.29. The highest BCUT2D eigenvalue weighted by atomic mass is 32.2. The summed E-state index contributed by atoms with van der Waals surface area (Å²) in [5.41, 5.74) is 1.06. The standard InChI is InChI=1S/C19H21FN2O3S2/c1-22(2)17(15-12-26-19-7-5-4-6-14(15)19)11-21-27(23,24)13-8-9-18(25-3)16(20)10-13/h4-10,12,17,21H,11H2,1-3H3/t17-/m1/s1. The van der Waals surface area contributed by atoms with E-state index in [4.69, 9.17) is 4.74 Å². The van der Waals surface area contributed by atoms with E-state index in [2.05, 4.69) is 10.1 Å². The smallest absolute Gasteiger partial charge is 0.240 e. The zero-order chi connectivity index (χ0) is 19.6. The van der Waals surface area contributed by atoms with Gasteiger partial charge < -0.3 is 9.64 Å². The number of hydrogen-bond acceptors (Lipinski definition) is 5. The van der Waals surface area contributed by atoms with Crippen LogP contribution < -0.4 is 9.46 Å². The van der Waals surface area contributed by atoms with Gasteiger partial charge in [-0.2, -0.15) is 0 Å². The third-order valence-electron chi connectivity index (χ3n) is 4.39. The first kappa shape index (κ1) is 19.8.